The molecule has 1 aromatic carbocycles. The second-order valence-corrected chi connectivity index (χ2v) is 3.26. The Morgan fingerprint density at radius 2 is 1.94 bits per heavy atom. The number of allylic oxidation sites excluding steroid dienone is 1. The van der Waals surface area contributed by atoms with E-state index in [2.05, 4.69) is 6.58 Å². The first-order valence-corrected chi connectivity index (χ1v) is 4.61. The SMILES string of the molecule is C=CCC[C@@H](N)c1c(F)ccc(F)c1O.Cl. The van der Waals surface area contributed by atoms with E-state index < -0.39 is 23.4 Å². The largest absolute Gasteiger partial charge is 0.505 e. The van der Waals surface area contributed by atoms with Crippen LogP contribution in [0.3, 0.4) is 0 Å². The summed E-state index contributed by atoms with van der Waals surface area (Å²) in [5.74, 6) is -2.25. The summed E-state index contributed by atoms with van der Waals surface area (Å²) < 4.78 is 26.2. The van der Waals surface area contributed by atoms with Crippen molar-refractivity contribution in [3.05, 3.63) is 42.0 Å². The fraction of sp³-hybridized carbons (Fsp3) is 0.273. The fourth-order valence-corrected chi connectivity index (χ4v) is 1.35. The minimum Gasteiger partial charge on any atom is -0.505 e. The van der Waals surface area contributed by atoms with Crippen LogP contribution < -0.4 is 5.73 Å². The van der Waals surface area contributed by atoms with Crippen molar-refractivity contribution in [2.24, 2.45) is 5.73 Å². The van der Waals surface area contributed by atoms with E-state index in [0.29, 0.717) is 12.8 Å². The molecule has 0 aromatic heterocycles. The van der Waals surface area contributed by atoms with Gasteiger partial charge in [-0.2, -0.15) is 0 Å². The van der Waals surface area contributed by atoms with Crippen molar-refractivity contribution in [1.82, 2.24) is 0 Å². The molecule has 0 bridgehead atoms. The number of hydrogen-bond acceptors (Lipinski definition) is 2. The number of hydrogen-bond donors (Lipinski definition) is 2. The third-order valence-corrected chi connectivity index (χ3v) is 2.17. The summed E-state index contributed by atoms with van der Waals surface area (Å²) in [5, 5.41) is 9.33. The van der Waals surface area contributed by atoms with Gasteiger partial charge in [0.15, 0.2) is 11.6 Å². The summed E-state index contributed by atoms with van der Waals surface area (Å²) in [4.78, 5) is 0. The first-order chi connectivity index (χ1) is 7.07. The van der Waals surface area contributed by atoms with Crippen molar-refractivity contribution in [1.29, 1.82) is 0 Å². The van der Waals surface area contributed by atoms with Gasteiger partial charge >= 0.3 is 0 Å². The highest BCUT2D eigenvalue weighted by atomic mass is 35.5. The van der Waals surface area contributed by atoms with Crippen LogP contribution >= 0.6 is 12.4 Å². The topological polar surface area (TPSA) is 46.2 Å². The normalized spacial score (nSPS) is 11.7. The lowest BCUT2D eigenvalue weighted by Crippen LogP contribution is -2.12. The molecule has 0 aliphatic rings. The molecule has 90 valence electrons. The molecule has 0 saturated carbocycles. The highest BCUT2D eigenvalue weighted by Gasteiger charge is 2.18. The van der Waals surface area contributed by atoms with Gasteiger partial charge < -0.3 is 10.8 Å². The number of nitrogens with two attached hydrogens (primary N) is 1. The van der Waals surface area contributed by atoms with Crippen LogP contribution in [0.4, 0.5) is 8.78 Å². The molecule has 1 aromatic rings. The zero-order valence-electron chi connectivity index (χ0n) is 8.62. The second kappa shape index (κ2) is 6.45. The first kappa shape index (κ1) is 14.9. The third kappa shape index (κ3) is 3.18. The van der Waals surface area contributed by atoms with Crippen LogP contribution in [0.1, 0.15) is 24.4 Å². The van der Waals surface area contributed by atoms with Crippen molar-refractivity contribution in [2.75, 3.05) is 0 Å². The first-order valence-electron chi connectivity index (χ1n) is 4.61. The lowest BCUT2D eigenvalue weighted by Gasteiger charge is -2.13. The zero-order valence-corrected chi connectivity index (χ0v) is 9.44. The molecule has 0 radical (unpaired) electrons. The van der Waals surface area contributed by atoms with Crippen LogP contribution in [0.25, 0.3) is 0 Å². The quantitative estimate of drug-likeness (QED) is 0.806. The Balaban J connectivity index is 0.00000225. The molecule has 2 nitrogen and oxygen atoms in total. The van der Waals surface area contributed by atoms with Crippen LogP contribution in [-0.2, 0) is 0 Å². The van der Waals surface area contributed by atoms with E-state index in [4.69, 9.17) is 5.73 Å². The molecule has 0 fully saturated rings. The van der Waals surface area contributed by atoms with Gasteiger partial charge in [0.2, 0.25) is 0 Å². The molecule has 0 aliphatic carbocycles. The molecule has 0 aliphatic heterocycles. The number of phenols is 1. The van der Waals surface area contributed by atoms with Crippen LogP contribution in [0, 0.1) is 11.6 Å². The maximum atomic E-state index is 13.3. The molecule has 0 heterocycles. The average Bonchev–Trinajstić information content (AvgIpc) is 2.21. The molecule has 1 rings (SSSR count). The maximum absolute atomic E-state index is 13.3. The second-order valence-electron chi connectivity index (χ2n) is 3.26. The summed E-state index contributed by atoms with van der Waals surface area (Å²) in [5.41, 5.74) is 5.47. The Bertz CT molecular complexity index is 371. The van der Waals surface area contributed by atoms with E-state index in [1.165, 1.54) is 0 Å². The van der Waals surface area contributed by atoms with E-state index in [0.717, 1.165) is 12.1 Å². The van der Waals surface area contributed by atoms with Crippen molar-refractivity contribution in [3.8, 4) is 5.75 Å². The van der Waals surface area contributed by atoms with Gasteiger partial charge in [0.1, 0.15) is 5.82 Å². The highest BCUT2D eigenvalue weighted by Crippen LogP contribution is 2.30. The molecule has 0 spiro atoms. The van der Waals surface area contributed by atoms with E-state index in [9.17, 15) is 13.9 Å². The average molecular weight is 250 g/mol. The number of phenolic OH excluding ortho intramolecular Hbond substituents is 1. The molecular weight excluding hydrogens is 236 g/mol. The van der Waals surface area contributed by atoms with Gasteiger partial charge in [-0.3, -0.25) is 0 Å². The van der Waals surface area contributed by atoms with Crippen LogP contribution in [0.15, 0.2) is 24.8 Å². The molecule has 0 saturated heterocycles. The summed E-state index contributed by atoms with van der Waals surface area (Å²) in [6.07, 6.45) is 2.63. The third-order valence-electron chi connectivity index (χ3n) is 2.17. The van der Waals surface area contributed by atoms with E-state index >= 15 is 0 Å². The van der Waals surface area contributed by atoms with Gasteiger partial charge in [0, 0.05) is 11.6 Å². The summed E-state index contributed by atoms with van der Waals surface area (Å²) in [6.45, 7) is 3.50. The van der Waals surface area contributed by atoms with Gasteiger partial charge in [-0.05, 0) is 25.0 Å². The Hall–Kier alpha value is -1.13. The van der Waals surface area contributed by atoms with Crippen LogP contribution in [0.2, 0.25) is 0 Å². The Morgan fingerprint density at radius 1 is 1.38 bits per heavy atom. The standard InChI is InChI=1S/C11H13F2NO.ClH/c1-2-3-4-9(14)10-7(12)5-6-8(13)11(10)15;/h2,5-6,9,15H,1,3-4,14H2;1H/t9-;/m1./s1. The number of benzene rings is 1. The minimum absolute atomic E-state index is 0. The number of halogens is 3. The van der Waals surface area contributed by atoms with Gasteiger partial charge in [-0.25, -0.2) is 8.78 Å². The van der Waals surface area contributed by atoms with E-state index in [1.54, 1.807) is 6.08 Å². The molecule has 16 heavy (non-hydrogen) atoms. The monoisotopic (exact) mass is 249 g/mol. The van der Waals surface area contributed by atoms with Crippen molar-refractivity contribution < 1.29 is 13.9 Å². The van der Waals surface area contributed by atoms with E-state index in [1.807, 2.05) is 0 Å². The molecule has 0 unspecified atom stereocenters. The molecule has 3 N–H and O–H groups in total. The molecule has 5 heteroatoms. The van der Waals surface area contributed by atoms with Crippen molar-refractivity contribution in [2.45, 2.75) is 18.9 Å². The lowest BCUT2D eigenvalue weighted by atomic mass is 10.0. The van der Waals surface area contributed by atoms with Gasteiger partial charge in [-0.15, -0.1) is 19.0 Å². The van der Waals surface area contributed by atoms with Crippen LogP contribution in [-0.4, -0.2) is 5.11 Å². The summed E-state index contributed by atoms with van der Waals surface area (Å²) in [6, 6.07) is 1.10. The van der Waals surface area contributed by atoms with Gasteiger partial charge in [0.05, 0.1) is 0 Å². The minimum atomic E-state index is -0.861. The number of rotatable bonds is 4. The van der Waals surface area contributed by atoms with Gasteiger partial charge in [0.25, 0.3) is 0 Å². The maximum Gasteiger partial charge on any atom is 0.165 e. The Labute approximate surface area is 99.2 Å². The highest BCUT2D eigenvalue weighted by molar-refractivity contribution is 5.85. The molecular formula is C11H14ClF2NO. The van der Waals surface area contributed by atoms with E-state index in [-0.39, 0.29) is 18.0 Å². The number of aromatic hydroxyl groups is 1. The fourth-order valence-electron chi connectivity index (χ4n) is 1.35. The predicted octanol–water partition coefficient (Wildman–Crippen LogP) is 3.06. The molecule has 0 amide bonds. The van der Waals surface area contributed by atoms with Crippen molar-refractivity contribution in [3.63, 3.8) is 0 Å². The van der Waals surface area contributed by atoms with Crippen LogP contribution in [0.5, 0.6) is 5.75 Å². The molecule has 1 atom stereocenters. The zero-order chi connectivity index (χ0) is 11.4. The van der Waals surface area contributed by atoms with Crippen molar-refractivity contribution >= 4 is 12.4 Å². The predicted molar refractivity (Wildman–Crippen MR) is 61.6 cm³/mol. The van der Waals surface area contributed by atoms with Gasteiger partial charge in [-0.1, -0.05) is 6.08 Å². The Morgan fingerprint density at radius 3 is 2.50 bits per heavy atom. The summed E-state index contributed by atoms with van der Waals surface area (Å²) >= 11 is 0. The smallest absolute Gasteiger partial charge is 0.165 e. The summed E-state index contributed by atoms with van der Waals surface area (Å²) in [7, 11) is 0. The lowest BCUT2D eigenvalue weighted by molar-refractivity contribution is 0.408. The Kier molecular flexibility index (Phi) is 6.00.